The quantitative estimate of drug-likeness (QED) is 0.264. The molecule has 1 amide bonds. The van der Waals surface area contributed by atoms with E-state index in [0.29, 0.717) is 37.3 Å². The fourth-order valence-corrected chi connectivity index (χ4v) is 7.62. The molecule has 2 aromatic heterocycles. The van der Waals surface area contributed by atoms with E-state index in [2.05, 4.69) is 37.2 Å². The Morgan fingerprint density at radius 1 is 1.14 bits per heavy atom. The number of nitriles is 1. The standard InChI is InChI=1S/C34H34ClF2N9O2S/c1-43-9-2-3-20(43)19-48-33-23(18-38)31(46-15-13-45(14-16-46)26(47)6-10-44-11-7-40-8-12-44)22-17-24(35)27(28(37)29(22)41-33)21-4-5-25(36)32-30(21)42-34(39)49-32/h3-6,10,17,40H,2,7-9,11-16,19H2,1H3,(H2,39,42). The van der Waals surface area contributed by atoms with Crippen LogP contribution in [0.1, 0.15) is 12.0 Å². The number of ether oxygens (including phenoxy) is 1. The van der Waals surface area contributed by atoms with Crippen LogP contribution >= 0.6 is 22.9 Å². The lowest BCUT2D eigenvalue weighted by Gasteiger charge is -2.37. The van der Waals surface area contributed by atoms with Gasteiger partial charge < -0.3 is 35.4 Å². The van der Waals surface area contributed by atoms with Crippen LogP contribution in [0.15, 0.2) is 42.2 Å². The number of hydrogen-bond acceptors (Lipinski definition) is 11. The van der Waals surface area contributed by atoms with Gasteiger partial charge in [0.05, 0.1) is 20.9 Å². The minimum atomic E-state index is -0.762. The predicted octanol–water partition coefficient (Wildman–Crippen LogP) is 4.56. The van der Waals surface area contributed by atoms with Gasteiger partial charge in [-0.1, -0.05) is 29.0 Å². The van der Waals surface area contributed by atoms with Crippen LogP contribution in [0.4, 0.5) is 19.6 Å². The zero-order valence-corrected chi connectivity index (χ0v) is 28.4. The number of aromatic nitrogens is 2. The number of pyridine rings is 1. The molecule has 11 nitrogen and oxygen atoms in total. The second-order valence-electron chi connectivity index (χ2n) is 12.1. The Hall–Kier alpha value is -4.71. The van der Waals surface area contributed by atoms with Crippen molar-refractivity contribution >= 4 is 60.8 Å². The molecule has 0 aliphatic carbocycles. The van der Waals surface area contributed by atoms with Gasteiger partial charge in [0.15, 0.2) is 10.9 Å². The Labute approximate surface area is 290 Å². The van der Waals surface area contributed by atoms with Crippen molar-refractivity contribution in [3.8, 4) is 23.1 Å². The molecule has 0 atom stereocenters. The van der Waals surface area contributed by atoms with Gasteiger partial charge in [0.2, 0.25) is 11.8 Å². The first-order valence-corrected chi connectivity index (χ1v) is 17.2. The molecule has 254 valence electrons. The van der Waals surface area contributed by atoms with Gasteiger partial charge >= 0.3 is 0 Å². The molecule has 5 heterocycles. The molecular formula is C34H34ClF2N9O2S. The minimum absolute atomic E-state index is 0.0106. The number of amides is 1. The number of nitrogens with zero attached hydrogens (tertiary/aromatic N) is 7. The van der Waals surface area contributed by atoms with Crippen LogP contribution in [0, 0.1) is 23.0 Å². The number of benzene rings is 2. The highest BCUT2D eigenvalue weighted by Crippen LogP contribution is 2.45. The maximum absolute atomic E-state index is 16.9. The van der Waals surface area contributed by atoms with E-state index < -0.39 is 11.6 Å². The number of halogens is 3. The molecule has 0 radical (unpaired) electrons. The molecule has 7 rings (SSSR count). The monoisotopic (exact) mass is 705 g/mol. The summed E-state index contributed by atoms with van der Waals surface area (Å²) in [4.78, 5) is 29.8. The van der Waals surface area contributed by atoms with Gasteiger partial charge in [-0.2, -0.15) is 5.26 Å². The van der Waals surface area contributed by atoms with Crippen molar-refractivity contribution in [3.05, 3.63) is 64.5 Å². The number of thiazole rings is 1. The van der Waals surface area contributed by atoms with Crippen molar-refractivity contribution in [2.24, 2.45) is 0 Å². The molecule has 49 heavy (non-hydrogen) atoms. The van der Waals surface area contributed by atoms with Gasteiger partial charge in [0, 0.05) is 100 Å². The zero-order chi connectivity index (χ0) is 34.2. The van der Waals surface area contributed by atoms with E-state index in [1.807, 2.05) is 18.1 Å². The summed E-state index contributed by atoms with van der Waals surface area (Å²) in [5.74, 6) is -1.40. The normalized spacial score (nSPS) is 17.0. The number of nitrogens with two attached hydrogens (primary N) is 1. The first kappa shape index (κ1) is 32.8. The van der Waals surface area contributed by atoms with Gasteiger partial charge in [0.25, 0.3) is 0 Å². The Morgan fingerprint density at radius 2 is 1.92 bits per heavy atom. The van der Waals surface area contributed by atoms with Crippen molar-refractivity contribution in [1.82, 2.24) is 30.0 Å². The van der Waals surface area contributed by atoms with Crippen LogP contribution in [-0.4, -0.2) is 103 Å². The van der Waals surface area contributed by atoms with Gasteiger partial charge in [0.1, 0.15) is 29.6 Å². The van der Waals surface area contributed by atoms with Crippen molar-refractivity contribution in [3.63, 3.8) is 0 Å². The average Bonchev–Trinajstić information content (AvgIpc) is 3.72. The highest BCUT2D eigenvalue weighted by molar-refractivity contribution is 7.22. The van der Waals surface area contributed by atoms with Crippen molar-refractivity contribution in [2.45, 2.75) is 6.42 Å². The largest absolute Gasteiger partial charge is 0.470 e. The van der Waals surface area contributed by atoms with Crippen LogP contribution in [0.25, 0.3) is 32.2 Å². The number of carbonyl (C=O) groups excluding carboxylic acids is 1. The molecule has 2 saturated heterocycles. The van der Waals surface area contributed by atoms with Crippen molar-refractivity contribution in [2.75, 3.05) is 83.2 Å². The molecular weight excluding hydrogens is 672 g/mol. The minimum Gasteiger partial charge on any atom is -0.470 e. The highest BCUT2D eigenvalue weighted by atomic mass is 35.5. The number of piperazine rings is 2. The molecule has 0 spiro atoms. The van der Waals surface area contributed by atoms with Crippen molar-refractivity contribution < 1.29 is 18.3 Å². The summed E-state index contributed by atoms with van der Waals surface area (Å²) in [5, 5.41) is 14.3. The summed E-state index contributed by atoms with van der Waals surface area (Å²) < 4.78 is 37.9. The van der Waals surface area contributed by atoms with E-state index in [1.54, 1.807) is 17.0 Å². The summed E-state index contributed by atoms with van der Waals surface area (Å²) in [6.07, 6.45) is 6.37. The lowest BCUT2D eigenvalue weighted by molar-refractivity contribution is -0.126. The molecule has 0 unspecified atom stereocenters. The predicted molar refractivity (Wildman–Crippen MR) is 188 cm³/mol. The maximum atomic E-state index is 16.9. The number of likely N-dealkylation sites (N-methyl/N-ethyl adjacent to an activating group) is 1. The molecule has 15 heteroatoms. The van der Waals surface area contributed by atoms with Gasteiger partial charge in [-0.3, -0.25) is 4.79 Å². The van der Waals surface area contributed by atoms with E-state index in [0.717, 1.165) is 56.2 Å². The summed E-state index contributed by atoms with van der Waals surface area (Å²) in [5.41, 5.74) is 7.80. The van der Waals surface area contributed by atoms with Crippen molar-refractivity contribution in [1.29, 1.82) is 5.26 Å². The number of rotatable bonds is 7. The van der Waals surface area contributed by atoms with E-state index in [9.17, 15) is 14.4 Å². The second-order valence-corrected chi connectivity index (χ2v) is 13.6. The summed E-state index contributed by atoms with van der Waals surface area (Å²) in [6, 6.07) is 6.48. The third-order valence-electron chi connectivity index (χ3n) is 9.18. The topological polar surface area (TPSA) is 127 Å². The molecule has 0 bridgehead atoms. The molecule has 0 saturated carbocycles. The molecule has 4 aromatic rings. The molecule has 3 N–H and O–H groups in total. The molecule has 2 fully saturated rings. The van der Waals surface area contributed by atoms with E-state index in [-0.39, 0.29) is 61.0 Å². The summed E-state index contributed by atoms with van der Waals surface area (Å²) in [6.45, 7) is 5.95. The molecule has 3 aliphatic rings. The third-order valence-corrected chi connectivity index (χ3v) is 10.4. The molecule has 3 aliphatic heterocycles. The average molecular weight is 706 g/mol. The number of anilines is 2. The second kappa shape index (κ2) is 13.7. The van der Waals surface area contributed by atoms with E-state index >= 15 is 4.39 Å². The van der Waals surface area contributed by atoms with E-state index in [1.165, 1.54) is 12.1 Å². The lowest BCUT2D eigenvalue weighted by atomic mass is 9.99. The number of carbonyl (C=O) groups is 1. The first-order chi connectivity index (χ1) is 23.7. The number of fused-ring (bicyclic) bond motifs is 2. The first-order valence-electron chi connectivity index (χ1n) is 16.0. The number of hydrogen-bond donors (Lipinski definition) is 2. The number of nitrogens with one attached hydrogen (secondary N) is 1. The van der Waals surface area contributed by atoms with E-state index in [4.69, 9.17) is 22.1 Å². The van der Waals surface area contributed by atoms with Crippen LogP contribution < -0.4 is 20.7 Å². The van der Waals surface area contributed by atoms with Crippen LogP contribution in [-0.2, 0) is 4.79 Å². The van der Waals surface area contributed by atoms with Gasteiger partial charge in [-0.15, -0.1) is 0 Å². The Bertz CT molecular complexity index is 2050. The van der Waals surface area contributed by atoms with Crippen LogP contribution in [0.3, 0.4) is 0 Å². The van der Waals surface area contributed by atoms with Gasteiger partial charge in [-0.25, -0.2) is 18.7 Å². The fourth-order valence-electron chi connectivity index (χ4n) is 6.56. The Morgan fingerprint density at radius 3 is 2.63 bits per heavy atom. The smallest absolute Gasteiger partial charge is 0.248 e. The Kier molecular flexibility index (Phi) is 9.15. The SMILES string of the molecule is CN1CCC=C1COc1nc2c(F)c(-c3ccc(F)c4sc(N)nc34)c(Cl)cc2c(N2CCN(C(=O)C=CN3CCNCC3)CC2)c1C#N. The molecule has 2 aromatic carbocycles. The van der Waals surface area contributed by atoms with Crippen LogP contribution in [0.2, 0.25) is 5.02 Å². The third kappa shape index (κ3) is 6.29. The van der Waals surface area contributed by atoms with Crippen LogP contribution in [0.5, 0.6) is 5.88 Å². The fraction of sp³-hybridized carbons (Fsp3) is 0.353. The Balaban J connectivity index is 1.28. The highest BCUT2D eigenvalue weighted by Gasteiger charge is 2.30. The summed E-state index contributed by atoms with van der Waals surface area (Å²) in [7, 11) is 1.95. The van der Waals surface area contributed by atoms with Gasteiger partial charge in [-0.05, 0) is 24.6 Å². The zero-order valence-electron chi connectivity index (χ0n) is 26.8. The number of nitrogen functional groups attached to an aromatic ring is 1. The maximum Gasteiger partial charge on any atom is 0.248 e. The lowest BCUT2D eigenvalue weighted by Crippen LogP contribution is -2.48. The summed E-state index contributed by atoms with van der Waals surface area (Å²) >= 11 is 7.80.